The lowest BCUT2D eigenvalue weighted by Gasteiger charge is -2.11. The van der Waals surface area contributed by atoms with Gasteiger partial charge in [-0.3, -0.25) is 4.79 Å². The molecule has 0 aliphatic rings. The first-order valence-electron chi connectivity index (χ1n) is 9.60. The minimum atomic E-state index is -0.116. The van der Waals surface area contributed by atoms with Gasteiger partial charge in [-0.05, 0) is 29.8 Å². The predicted molar refractivity (Wildman–Crippen MR) is 113 cm³/mol. The first kappa shape index (κ1) is 19.4. The first-order valence-corrected chi connectivity index (χ1v) is 9.60. The molecule has 0 fully saturated rings. The van der Waals surface area contributed by atoms with Gasteiger partial charge >= 0.3 is 0 Å². The minimum Gasteiger partial charge on any atom is -0.486 e. The Kier molecular flexibility index (Phi) is 5.89. The van der Waals surface area contributed by atoms with Crippen LogP contribution in [0.3, 0.4) is 0 Å². The van der Waals surface area contributed by atoms with Crippen molar-refractivity contribution in [3.05, 3.63) is 84.3 Å². The molecule has 0 unspecified atom stereocenters. The summed E-state index contributed by atoms with van der Waals surface area (Å²) in [5, 5.41) is 2.93. The van der Waals surface area contributed by atoms with E-state index in [1.54, 1.807) is 19.4 Å². The molecule has 4 rings (SSSR count). The maximum absolute atomic E-state index is 12.6. The van der Waals surface area contributed by atoms with Gasteiger partial charge in [0.05, 0.1) is 18.1 Å². The zero-order chi connectivity index (χ0) is 20.8. The van der Waals surface area contributed by atoms with Crippen LogP contribution >= 0.6 is 0 Å². The zero-order valence-corrected chi connectivity index (χ0v) is 16.6. The molecule has 0 saturated heterocycles. The van der Waals surface area contributed by atoms with Gasteiger partial charge in [-0.1, -0.05) is 36.4 Å². The third-order valence-electron chi connectivity index (χ3n) is 4.64. The van der Waals surface area contributed by atoms with E-state index in [9.17, 15) is 4.79 Å². The molecule has 2 aromatic heterocycles. The van der Waals surface area contributed by atoms with Crippen molar-refractivity contribution < 1.29 is 14.3 Å². The van der Waals surface area contributed by atoms with Gasteiger partial charge in [-0.15, -0.1) is 0 Å². The summed E-state index contributed by atoms with van der Waals surface area (Å²) in [4.78, 5) is 21.4. The smallest absolute Gasteiger partial charge is 0.240 e. The molecule has 0 radical (unpaired) electrons. The van der Waals surface area contributed by atoms with Crippen molar-refractivity contribution in [3.63, 3.8) is 0 Å². The van der Waals surface area contributed by atoms with Crippen LogP contribution in [0.4, 0.5) is 0 Å². The molecule has 1 amide bonds. The van der Waals surface area contributed by atoms with E-state index in [0.717, 1.165) is 22.3 Å². The molecule has 0 aliphatic carbocycles. The predicted octanol–water partition coefficient (Wildman–Crippen LogP) is 3.34. The quantitative estimate of drug-likeness (QED) is 0.489. The Hall–Kier alpha value is -3.87. The van der Waals surface area contributed by atoms with E-state index in [-0.39, 0.29) is 19.1 Å². The van der Waals surface area contributed by atoms with E-state index in [1.165, 1.54) is 0 Å². The van der Waals surface area contributed by atoms with Gasteiger partial charge in [0.1, 0.15) is 24.7 Å². The van der Waals surface area contributed by atoms with Crippen LogP contribution in [0.5, 0.6) is 11.6 Å². The number of hydrogen-bond acceptors (Lipinski definition) is 5. The van der Waals surface area contributed by atoms with Crippen LogP contribution in [0.1, 0.15) is 11.4 Å². The number of aromatic nitrogens is 3. The number of carbonyl (C=O) groups is 1. The number of methoxy groups -OCH3 is 1. The number of imidazole rings is 1. The van der Waals surface area contributed by atoms with Crippen molar-refractivity contribution in [1.29, 1.82) is 0 Å². The van der Waals surface area contributed by atoms with Crippen LogP contribution < -0.4 is 14.8 Å². The summed E-state index contributed by atoms with van der Waals surface area (Å²) in [6.07, 6.45) is 1.69. The molecule has 2 aromatic carbocycles. The summed E-state index contributed by atoms with van der Waals surface area (Å²) >= 11 is 0. The van der Waals surface area contributed by atoms with Crippen LogP contribution in [0.2, 0.25) is 0 Å². The normalized spacial score (nSPS) is 10.7. The third kappa shape index (κ3) is 4.57. The molecule has 0 aliphatic heterocycles. The van der Waals surface area contributed by atoms with Crippen LogP contribution in [-0.4, -0.2) is 27.6 Å². The SMILES string of the molecule is COc1ccc(CNC(=O)Cn2c(COc3ccccc3)nc3ccccc32)cn1. The standard InChI is InChI=1S/C23H22N4O3/c1-29-23-12-11-17(14-25-23)13-24-22(28)15-27-20-10-6-5-9-19(20)26-21(27)16-30-18-7-3-2-4-8-18/h2-12,14H,13,15-16H2,1H3,(H,24,28). The lowest BCUT2D eigenvalue weighted by atomic mass is 10.3. The lowest BCUT2D eigenvalue weighted by Crippen LogP contribution is -2.28. The number of amides is 1. The molecule has 0 saturated carbocycles. The highest BCUT2D eigenvalue weighted by Gasteiger charge is 2.14. The van der Waals surface area contributed by atoms with Crippen molar-refractivity contribution in [2.24, 2.45) is 0 Å². The van der Waals surface area contributed by atoms with Gasteiger partial charge in [-0.2, -0.15) is 0 Å². The number of nitrogens with zero attached hydrogens (tertiary/aromatic N) is 3. The Morgan fingerprint density at radius 1 is 1.03 bits per heavy atom. The fourth-order valence-electron chi connectivity index (χ4n) is 3.11. The number of pyridine rings is 1. The van der Waals surface area contributed by atoms with Gasteiger partial charge in [0.15, 0.2) is 0 Å². The maximum atomic E-state index is 12.6. The van der Waals surface area contributed by atoms with Crippen LogP contribution in [-0.2, 0) is 24.5 Å². The number of carbonyl (C=O) groups excluding carboxylic acids is 1. The summed E-state index contributed by atoms with van der Waals surface area (Å²) in [7, 11) is 1.57. The summed E-state index contributed by atoms with van der Waals surface area (Å²) in [6, 6.07) is 20.9. The second kappa shape index (κ2) is 9.09. The van der Waals surface area contributed by atoms with E-state index in [0.29, 0.717) is 18.2 Å². The highest BCUT2D eigenvalue weighted by molar-refractivity contribution is 5.81. The Bertz CT molecular complexity index is 1120. The summed E-state index contributed by atoms with van der Waals surface area (Å²) in [5.74, 6) is 1.88. The average Bonchev–Trinajstić information content (AvgIpc) is 3.14. The Labute approximate surface area is 174 Å². The Morgan fingerprint density at radius 2 is 1.83 bits per heavy atom. The highest BCUT2D eigenvalue weighted by atomic mass is 16.5. The Morgan fingerprint density at radius 3 is 2.60 bits per heavy atom. The van der Waals surface area contributed by atoms with E-state index in [1.807, 2.05) is 65.2 Å². The topological polar surface area (TPSA) is 78.3 Å². The van der Waals surface area contributed by atoms with Crippen molar-refractivity contribution in [3.8, 4) is 11.6 Å². The number of hydrogen-bond donors (Lipinski definition) is 1. The van der Waals surface area contributed by atoms with Crippen molar-refractivity contribution >= 4 is 16.9 Å². The van der Waals surface area contributed by atoms with Gasteiger partial charge < -0.3 is 19.4 Å². The van der Waals surface area contributed by atoms with Gasteiger partial charge in [0, 0.05) is 18.8 Å². The van der Waals surface area contributed by atoms with Crippen molar-refractivity contribution in [2.45, 2.75) is 19.7 Å². The van der Waals surface area contributed by atoms with Crippen molar-refractivity contribution in [1.82, 2.24) is 19.9 Å². The highest BCUT2D eigenvalue weighted by Crippen LogP contribution is 2.18. The van der Waals surface area contributed by atoms with Crippen LogP contribution in [0.25, 0.3) is 11.0 Å². The third-order valence-corrected chi connectivity index (χ3v) is 4.64. The molecule has 7 heteroatoms. The van der Waals surface area contributed by atoms with Gasteiger partial charge in [0.25, 0.3) is 0 Å². The van der Waals surface area contributed by atoms with E-state index >= 15 is 0 Å². The van der Waals surface area contributed by atoms with Crippen LogP contribution in [0, 0.1) is 0 Å². The zero-order valence-electron chi connectivity index (χ0n) is 16.6. The summed E-state index contributed by atoms with van der Waals surface area (Å²) in [6.45, 7) is 0.810. The average molecular weight is 402 g/mol. The lowest BCUT2D eigenvalue weighted by molar-refractivity contribution is -0.121. The largest absolute Gasteiger partial charge is 0.486 e. The first-order chi connectivity index (χ1) is 14.7. The molecule has 4 aromatic rings. The number of fused-ring (bicyclic) bond motifs is 1. The fraction of sp³-hybridized carbons (Fsp3) is 0.174. The number of rotatable bonds is 8. The molecule has 2 heterocycles. The second-order valence-corrected chi connectivity index (χ2v) is 6.69. The minimum absolute atomic E-state index is 0.116. The second-order valence-electron chi connectivity index (χ2n) is 6.69. The van der Waals surface area contributed by atoms with Crippen LogP contribution in [0.15, 0.2) is 72.9 Å². The Balaban J connectivity index is 1.46. The fourth-order valence-corrected chi connectivity index (χ4v) is 3.11. The number of para-hydroxylation sites is 3. The molecule has 7 nitrogen and oxygen atoms in total. The molecule has 152 valence electrons. The van der Waals surface area contributed by atoms with Crippen molar-refractivity contribution in [2.75, 3.05) is 7.11 Å². The number of benzene rings is 2. The molecule has 0 atom stereocenters. The summed E-state index contributed by atoms with van der Waals surface area (Å²) < 4.78 is 12.8. The van der Waals surface area contributed by atoms with E-state index in [2.05, 4.69) is 15.3 Å². The van der Waals surface area contributed by atoms with E-state index in [4.69, 9.17) is 9.47 Å². The molecule has 30 heavy (non-hydrogen) atoms. The number of ether oxygens (including phenoxy) is 2. The molecular formula is C23H22N4O3. The van der Waals surface area contributed by atoms with E-state index < -0.39 is 0 Å². The molecule has 0 spiro atoms. The number of nitrogens with one attached hydrogen (secondary N) is 1. The van der Waals surface area contributed by atoms with Gasteiger partial charge in [0.2, 0.25) is 11.8 Å². The molecule has 0 bridgehead atoms. The summed E-state index contributed by atoms with van der Waals surface area (Å²) in [5.41, 5.74) is 2.62. The molecular weight excluding hydrogens is 380 g/mol. The van der Waals surface area contributed by atoms with Gasteiger partial charge in [-0.25, -0.2) is 9.97 Å². The maximum Gasteiger partial charge on any atom is 0.240 e. The monoisotopic (exact) mass is 402 g/mol. The molecule has 1 N–H and O–H groups in total.